The molecule has 0 aliphatic rings. The number of nitrogens with one attached hydrogen (secondary N) is 3. The summed E-state index contributed by atoms with van der Waals surface area (Å²) in [6.45, 7) is 0. The summed E-state index contributed by atoms with van der Waals surface area (Å²) in [5, 5.41) is 11.5. The van der Waals surface area contributed by atoms with Gasteiger partial charge in [-0.1, -0.05) is 0 Å². The summed E-state index contributed by atoms with van der Waals surface area (Å²) in [5.41, 5.74) is 2.16. The second-order valence-corrected chi connectivity index (χ2v) is 8.89. The molecule has 0 fully saturated rings. The second kappa shape index (κ2) is 8.58. The molecule has 0 spiro atoms. The van der Waals surface area contributed by atoms with E-state index in [1.165, 1.54) is 41.8 Å². The van der Waals surface area contributed by atoms with Crippen molar-refractivity contribution in [3.05, 3.63) is 71.9 Å². The first kappa shape index (κ1) is 20.6. The van der Waals surface area contributed by atoms with Crippen LogP contribution in [0.2, 0.25) is 0 Å². The lowest BCUT2D eigenvalue weighted by molar-refractivity contribution is 0.102. The number of hydrogen-bond acceptors (Lipinski definition) is 7. The Labute approximate surface area is 182 Å². The molecule has 11 heteroatoms. The minimum Gasteiger partial charge on any atom is -0.497 e. The number of aromatic amines is 1. The summed E-state index contributed by atoms with van der Waals surface area (Å²) >= 11 is 1.18. The van der Waals surface area contributed by atoms with Crippen molar-refractivity contribution in [1.29, 1.82) is 0 Å². The Morgan fingerprint density at radius 3 is 2.48 bits per heavy atom. The zero-order valence-corrected chi connectivity index (χ0v) is 17.8. The van der Waals surface area contributed by atoms with Gasteiger partial charge in [-0.2, -0.15) is 5.10 Å². The Hall–Kier alpha value is -3.70. The van der Waals surface area contributed by atoms with Crippen LogP contribution in [0.5, 0.6) is 5.75 Å². The molecule has 31 heavy (non-hydrogen) atoms. The average molecular weight is 456 g/mol. The molecular weight excluding hydrogens is 438 g/mol. The van der Waals surface area contributed by atoms with Gasteiger partial charge in [-0.05, 0) is 54.6 Å². The number of ether oxygens (including phenoxy) is 1. The van der Waals surface area contributed by atoms with Crippen molar-refractivity contribution >= 4 is 38.1 Å². The first-order valence-electron chi connectivity index (χ1n) is 8.98. The number of rotatable bonds is 7. The number of H-pyrrole nitrogens is 1. The van der Waals surface area contributed by atoms with Gasteiger partial charge in [0, 0.05) is 22.8 Å². The van der Waals surface area contributed by atoms with E-state index in [9.17, 15) is 13.2 Å². The number of hydrogen-bond donors (Lipinski definition) is 3. The van der Waals surface area contributed by atoms with Crippen molar-refractivity contribution in [2.45, 2.75) is 4.90 Å². The maximum absolute atomic E-state index is 12.5. The molecule has 0 atom stereocenters. The fraction of sp³-hybridized carbons (Fsp3) is 0.0500. The lowest BCUT2D eigenvalue weighted by atomic mass is 10.1. The molecule has 4 rings (SSSR count). The monoisotopic (exact) mass is 455 g/mol. The maximum Gasteiger partial charge on any atom is 0.273 e. The first-order valence-corrected chi connectivity index (χ1v) is 11.3. The van der Waals surface area contributed by atoms with Crippen LogP contribution in [0.1, 0.15) is 10.5 Å². The van der Waals surface area contributed by atoms with Crippen LogP contribution in [-0.4, -0.2) is 36.6 Å². The highest BCUT2D eigenvalue weighted by Gasteiger charge is 2.16. The molecule has 3 N–H and O–H groups in total. The predicted molar refractivity (Wildman–Crippen MR) is 118 cm³/mol. The number of carbonyl (C=O) groups excluding carboxylic acids is 1. The largest absolute Gasteiger partial charge is 0.497 e. The van der Waals surface area contributed by atoms with Crippen LogP contribution in [0.3, 0.4) is 0 Å². The van der Waals surface area contributed by atoms with E-state index in [1.807, 2.05) is 24.3 Å². The van der Waals surface area contributed by atoms with Crippen LogP contribution in [-0.2, 0) is 10.0 Å². The number of aromatic nitrogens is 3. The number of amides is 1. The van der Waals surface area contributed by atoms with Crippen LogP contribution < -0.4 is 14.8 Å². The van der Waals surface area contributed by atoms with Crippen LogP contribution in [0.4, 0.5) is 10.8 Å². The lowest BCUT2D eigenvalue weighted by Gasteiger charge is -2.07. The molecule has 158 valence electrons. The molecule has 0 saturated heterocycles. The van der Waals surface area contributed by atoms with Gasteiger partial charge in [0.25, 0.3) is 15.9 Å². The fourth-order valence-corrected chi connectivity index (χ4v) is 4.50. The molecule has 0 aliphatic heterocycles. The summed E-state index contributed by atoms with van der Waals surface area (Å²) in [6, 6.07) is 14.8. The van der Waals surface area contributed by atoms with Gasteiger partial charge in [-0.3, -0.25) is 14.6 Å². The molecule has 2 aromatic heterocycles. The predicted octanol–water partition coefficient (Wildman–Crippen LogP) is 3.59. The van der Waals surface area contributed by atoms with Gasteiger partial charge >= 0.3 is 0 Å². The van der Waals surface area contributed by atoms with Gasteiger partial charge in [0.1, 0.15) is 11.4 Å². The van der Waals surface area contributed by atoms with Crippen molar-refractivity contribution in [1.82, 2.24) is 15.2 Å². The number of sulfonamides is 1. The normalized spacial score (nSPS) is 11.1. The fourth-order valence-electron chi connectivity index (χ4n) is 2.71. The van der Waals surface area contributed by atoms with E-state index in [2.05, 4.69) is 25.2 Å². The van der Waals surface area contributed by atoms with Crippen LogP contribution in [0.15, 0.2) is 71.1 Å². The molecule has 0 bridgehead atoms. The minimum absolute atomic E-state index is 0.0593. The van der Waals surface area contributed by atoms with Gasteiger partial charge in [0.2, 0.25) is 0 Å². The van der Waals surface area contributed by atoms with Gasteiger partial charge in [0.15, 0.2) is 5.13 Å². The van der Waals surface area contributed by atoms with E-state index in [4.69, 9.17) is 4.74 Å². The Morgan fingerprint density at radius 2 is 1.84 bits per heavy atom. The highest BCUT2D eigenvalue weighted by atomic mass is 32.2. The van der Waals surface area contributed by atoms with E-state index in [0.29, 0.717) is 11.4 Å². The summed E-state index contributed by atoms with van der Waals surface area (Å²) in [4.78, 5) is 16.5. The zero-order valence-electron chi connectivity index (χ0n) is 16.2. The number of anilines is 2. The Balaban J connectivity index is 1.43. The van der Waals surface area contributed by atoms with E-state index in [0.717, 1.165) is 11.3 Å². The Bertz CT molecular complexity index is 1280. The van der Waals surface area contributed by atoms with E-state index >= 15 is 0 Å². The topological polar surface area (TPSA) is 126 Å². The maximum atomic E-state index is 12.5. The SMILES string of the molecule is COc1ccc(-c2cc(C(=O)Nc3ccc(S(=O)(=O)Nc4nccs4)cc3)[nH]n2)cc1. The van der Waals surface area contributed by atoms with E-state index in [-0.39, 0.29) is 15.7 Å². The van der Waals surface area contributed by atoms with Crippen LogP contribution in [0, 0.1) is 0 Å². The lowest BCUT2D eigenvalue weighted by Crippen LogP contribution is -2.14. The number of methoxy groups -OCH3 is 1. The van der Waals surface area contributed by atoms with Crippen molar-refractivity contribution in [3.8, 4) is 17.0 Å². The van der Waals surface area contributed by atoms with Crippen molar-refractivity contribution < 1.29 is 17.9 Å². The summed E-state index contributed by atoms with van der Waals surface area (Å²) < 4.78 is 32.3. The summed E-state index contributed by atoms with van der Waals surface area (Å²) in [5.74, 6) is 0.327. The van der Waals surface area contributed by atoms with Gasteiger partial charge in [0.05, 0.1) is 17.7 Å². The molecule has 1 amide bonds. The van der Waals surface area contributed by atoms with Crippen molar-refractivity contribution in [3.63, 3.8) is 0 Å². The Kier molecular flexibility index (Phi) is 5.69. The molecular formula is C20H17N5O4S2. The quantitative estimate of drug-likeness (QED) is 0.391. The third kappa shape index (κ3) is 4.73. The van der Waals surface area contributed by atoms with Crippen molar-refractivity contribution in [2.24, 2.45) is 0 Å². The van der Waals surface area contributed by atoms with Crippen molar-refractivity contribution in [2.75, 3.05) is 17.1 Å². The third-order valence-electron chi connectivity index (χ3n) is 4.28. The highest BCUT2D eigenvalue weighted by molar-refractivity contribution is 7.93. The molecule has 0 unspecified atom stereocenters. The van der Waals surface area contributed by atoms with Crippen LogP contribution >= 0.6 is 11.3 Å². The first-order chi connectivity index (χ1) is 14.9. The third-order valence-corrected chi connectivity index (χ3v) is 6.46. The molecule has 0 radical (unpaired) electrons. The summed E-state index contributed by atoms with van der Waals surface area (Å²) in [6.07, 6.45) is 1.51. The number of benzene rings is 2. The Morgan fingerprint density at radius 1 is 1.10 bits per heavy atom. The second-order valence-electron chi connectivity index (χ2n) is 6.32. The standard InChI is InChI=1S/C20H17N5O4S2/c1-29-15-6-2-13(3-7-15)17-12-18(24-23-17)19(26)22-14-4-8-16(9-5-14)31(27,28)25-20-21-10-11-30-20/h2-12H,1H3,(H,21,25)(H,22,26)(H,23,24). The van der Waals surface area contributed by atoms with E-state index in [1.54, 1.807) is 18.6 Å². The minimum atomic E-state index is -3.75. The van der Waals surface area contributed by atoms with Crippen LogP contribution in [0.25, 0.3) is 11.3 Å². The zero-order chi connectivity index (χ0) is 21.8. The molecule has 0 saturated carbocycles. The number of carbonyl (C=O) groups is 1. The van der Waals surface area contributed by atoms with Gasteiger partial charge < -0.3 is 10.1 Å². The summed E-state index contributed by atoms with van der Waals surface area (Å²) in [7, 11) is -2.16. The van der Waals surface area contributed by atoms with Gasteiger partial charge in [-0.25, -0.2) is 13.4 Å². The molecule has 4 aromatic rings. The molecule has 2 aromatic carbocycles. The average Bonchev–Trinajstić information content (AvgIpc) is 3.46. The highest BCUT2D eigenvalue weighted by Crippen LogP contribution is 2.22. The smallest absolute Gasteiger partial charge is 0.273 e. The molecule has 9 nitrogen and oxygen atoms in total. The number of thiazole rings is 1. The molecule has 0 aliphatic carbocycles. The van der Waals surface area contributed by atoms with E-state index < -0.39 is 15.9 Å². The van der Waals surface area contributed by atoms with Gasteiger partial charge in [-0.15, -0.1) is 11.3 Å². The molecule has 2 heterocycles. The number of nitrogens with zero attached hydrogens (tertiary/aromatic N) is 2.